The van der Waals surface area contributed by atoms with Crippen LogP contribution in [0.15, 0.2) is 18.3 Å². The van der Waals surface area contributed by atoms with Crippen LogP contribution in [-0.4, -0.2) is 24.0 Å². The number of allylic oxidation sites excluding steroid dienone is 1. The molecule has 3 rings (SSSR count). The van der Waals surface area contributed by atoms with Crippen LogP contribution in [0.3, 0.4) is 0 Å². The first kappa shape index (κ1) is 16.6. The van der Waals surface area contributed by atoms with Crippen molar-refractivity contribution in [2.24, 2.45) is 5.73 Å². The van der Waals surface area contributed by atoms with E-state index in [0.29, 0.717) is 34.6 Å². The standard InChI is InChI=1S/C15H15N6.Y/c16-5-8(6-17)14-9-3-4-20-15(9)13-10(7-18)11(19)1-2-12(13)21-14;/h1-2,5-7,16,18H,3-4,17,19H2;/q-1;/b8-6+,16-5?,18-7?;. The Labute approximate surface area is 153 Å². The molecule has 1 aromatic heterocycles. The van der Waals surface area contributed by atoms with Gasteiger partial charge in [0.2, 0.25) is 0 Å². The number of nitrogens with two attached hydrogens (primary N) is 2. The van der Waals surface area contributed by atoms with Gasteiger partial charge in [-0.1, -0.05) is 0 Å². The van der Waals surface area contributed by atoms with Gasteiger partial charge in [0.15, 0.2) is 0 Å². The third-order valence-corrected chi connectivity index (χ3v) is 3.68. The normalized spacial score (nSPS) is 13.2. The molecule has 0 saturated heterocycles. The van der Waals surface area contributed by atoms with Gasteiger partial charge in [0.05, 0.1) is 11.2 Å². The quantitative estimate of drug-likeness (QED) is 0.490. The smallest absolute Gasteiger partial charge is 0.0758 e. The number of pyridine rings is 1. The van der Waals surface area contributed by atoms with Crippen LogP contribution in [0.1, 0.15) is 16.8 Å². The molecule has 0 spiro atoms. The van der Waals surface area contributed by atoms with Crippen molar-refractivity contribution in [2.45, 2.75) is 6.42 Å². The zero-order valence-electron chi connectivity index (χ0n) is 11.9. The van der Waals surface area contributed by atoms with Gasteiger partial charge in [-0.2, -0.15) is 0 Å². The Hall–Kier alpha value is -1.79. The summed E-state index contributed by atoms with van der Waals surface area (Å²) >= 11 is 0. The maximum Gasteiger partial charge on any atom is 0.0758 e. The fourth-order valence-electron chi connectivity index (χ4n) is 2.70. The summed E-state index contributed by atoms with van der Waals surface area (Å²) in [4.78, 5) is 4.62. The van der Waals surface area contributed by atoms with Crippen molar-refractivity contribution in [2.75, 3.05) is 12.3 Å². The van der Waals surface area contributed by atoms with Gasteiger partial charge in [-0.25, -0.2) is 4.98 Å². The van der Waals surface area contributed by atoms with Crippen LogP contribution in [0.4, 0.5) is 11.4 Å². The average molecular weight is 368 g/mol. The molecule has 7 heteroatoms. The van der Waals surface area contributed by atoms with Gasteiger partial charge in [-0.3, -0.25) is 0 Å². The molecule has 0 saturated carbocycles. The van der Waals surface area contributed by atoms with Gasteiger partial charge in [-0.15, -0.1) is 12.2 Å². The SMILES string of the molecule is N=C/C(=C\N)c1nc2ccc(N)c(C=N)c2c2c1CC[N-]2.[Y]. The molecule has 1 aliphatic rings. The molecule has 0 unspecified atom stereocenters. The number of fused-ring (bicyclic) bond motifs is 3. The molecule has 22 heavy (non-hydrogen) atoms. The molecule has 2 heterocycles. The van der Waals surface area contributed by atoms with Crippen LogP contribution in [0, 0.1) is 10.8 Å². The van der Waals surface area contributed by atoms with Gasteiger partial charge in [-0.05, 0) is 29.5 Å². The summed E-state index contributed by atoms with van der Waals surface area (Å²) in [5.74, 6) is 0. The maximum absolute atomic E-state index is 7.60. The third-order valence-electron chi connectivity index (χ3n) is 3.68. The van der Waals surface area contributed by atoms with E-state index in [1.165, 1.54) is 18.6 Å². The Morgan fingerprint density at radius 3 is 2.73 bits per heavy atom. The number of hydrogen-bond donors (Lipinski definition) is 4. The second-order valence-corrected chi connectivity index (χ2v) is 4.79. The third kappa shape index (κ3) is 2.42. The number of nitrogen functional groups attached to an aromatic ring is 1. The van der Waals surface area contributed by atoms with Crippen LogP contribution >= 0.6 is 0 Å². The minimum atomic E-state index is 0. The zero-order chi connectivity index (χ0) is 15.0. The molecule has 2 aromatic rings. The van der Waals surface area contributed by atoms with E-state index >= 15 is 0 Å². The maximum atomic E-state index is 7.60. The Bertz CT molecular complexity index is 796. The summed E-state index contributed by atoms with van der Waals surface area (Å²) in [5.41, 5.74) is 16.5. The van der Waals surface area contributed by atoms with Crippen LogP contribution in [0.25, 0.3) is 21.8 Å². The largest absolute Gasteiger partial charge is 0.683 e. The molecular formula is C15H15N6Y-. The predicted molar refractivity (Wildman–Crippen MR) is 86.6 cm³/mol. The molecule has 6 nitrogen and oxygen atoms in total. The summed E-state index contributed by atoms with van der Waals surface area (Å²) in [6.45, 7) is 0.672. The van der Waals surface area contributed by atoms with E-state index in [9.17, 15) is 0 Å². The molecule has 109 valence electrons. The number of rotatable bonds is 3. The van der Waals surface area contributed by atoms with Crippen LogP contribution in [0.5, 0.6) is 0 Å². The summed E-state index contributed by atoms with van der Waals surface area (Å²) in [7, 11) is 0. The minimum absolute atomic E-state index is 0. The van der Waals surface area contributed by atoms with Crippen molar-refractivity contribution < 1.29 is 32.7 Å². The number of nitrogens with one attached hydrogen (secondary N) is 2. The van der Waals surface area contributed by atoms with Crippen LogP contribution < -0.4 is 11.5 Å². The van der Waals surface area contributed by atoms with E-state index in [0.717, 1.165) is 23.1 Å². The molecule has 6 N–H and O–H groups in total. The number of benzene rings is 1. The second kappa shape index (κ2) is 6.54. The summed E-state index contributed by atoms with van der Waals surface area (Å²) < 4.78 is 0. The summed E-state index contributed by atoms with van der Waals surface area (Å²) in [6.07, 6.45) is 4.57. The predicted octanol–water partition coefficient (Wildman–Crippen LogP) is 2.32. The first-order chi connectivity index (χ1) is 10.2. The van der Waals surface area contributed by atoms with Crippen molar-refractivity contribution in [1.82, 2.24) is 4.98 Å². The molecule has 1 aliphatic heterocycles. The molecule has 0 atom stereocenters. The van der Waals surface area contributed by atoms with Crippen molar-refractivity contribution in [3.8, 4) is 0 Å². The van der Waals surface area contributed by atoms with Crippen molar-refractivity contribution in [3.63, 3.8) is 0 Å². The van der Waals surface area contributed by atoms with E-state index in [-0.39, 0.29) is 32.7 Å². The first-order valence-electron chi connectivity index (χ1n) is 6.57. The second-order valence-electron chi connectivity index (χ2n) is 4.79. The van der Waals surface area contributed by atoms with Gasteiger partial charge in [0.1, 0.15) is 0 Å². The molecule has 1 radical (unpaired) electrons. The number of hydrogen-bond acceptors (Lipinski definition) is 5. The van der Waals surface area contributed by atoms with E-state index in [2.05, 4.69) is 10.3 Å². The Kier molecular flexibility index (Phi) is 4.93. The molecule has 0 aliphatic carbocycles. The molecule has 0 bridgehead atoms. The van der Waals surface area contributed by atoms with Crippen LogP contribution in [0.2, 0.25) is 0 Å². The van der Waals surface area contributed by atoms with Crippen molar-refractivity contribution >= 4 is 40.3 Å². The topological polar surface area (TPSA) is 127 Å². The van der Waals surface area contributed by atoms with Gasteiger partial charge in [0.25, 0.3) is 0 Å². The Morgan fingerprint density at radius 1 is 1.32 bits per heavy atom. The molecule has 0 amide bonds. The molecular weight excluding hydrogens is 353 g/mol. The fourth-order valence-corrected chi connectivity index (χ4v) is 2.70. The van der Waals surface area contributed by atoms with Gasteiger partial charge >= 0.3 is 0 Å². The Balaban J connectivity index is 0.00000176. The molecule has 0 fully saturated rings. The van der Waals surface area contributed by atoms with Crippen LogP contribution in [-0.2, 0) is 39.1 Å². The van der Waals surface area contributed by atoms with E-state index in [4.69, 9.17) is 22.3 Å². The van der Waals surface area contributed by atoms with Gasteiger partial charge < -0.3 is 27.6 Å². The molecule has 1 aromatic carbocycles. The zero-order valence-corrected chi connectivity index (χ0v) is 14.8. The van der Waals surface area contributed by atoms with Crippen molar-refractivity contribution in [1.29, 1.82) is 10.8 Å². The van der Waals surface area contributed by atoms with Gasteiger partial charge in [0, 0.05) is 68.2 Å². The number of nitrogens with zero attached hydrogens (tertiary/aromatic N) is 2. The first-order valence-corrected chi connectivity index (χ1v) is 6.57. The monoisotopic (exact) mass is 368 g/mol. The minimum Gasteiger partial charge on any atom is -0.683 e. The van der Waals surface area contributed by atoms with E-state index < -0.39 is 0 Å². The Morgan fingerprint density at radius 2 is 2.09 bits per heavy atom. The van der Waals surface area contributed by atoms with E-state index in [1.54, 1.807) is 6.07 Å². The number of anilines is 1. The van der Waals surface area contributed by atoms with E-state index in [1.807, 2.05) is 6.07 Å². The number of aromatic nitrogens is 1. The average Bonchev–Trinajstić information content (AvgIpc) is 2.98. The fraction of sp³-hybridized carbons (Fsp3) is 0.133. The van der Waals surface area contributed by atoms with Crippen molar-refractivity contribution in [3.05, 3.63) is 40.5 Å². The summed E-state index contributed by atoms with van der Waals surface area (Å²) in [6, 6.07) is 3.55. The summed E-state index contributed by atoms with van der Waals surface area (Å²) in [5, 5.41) is 20.4.